The van der Waals surface area contributed by atoms with Gasteiger partial charge in [-0.25, -0.2) is 0 Å². The summed E-state index contributed by atoms with van der Waals surface area (Å²) >= 11 is 0. The lowest BCUT2D eigenvalue weighted by Crippen LogP contribution is -2.57. The standard InChI is InChI=1S/C36H42N2O9/c1-6-34(2,42)33(41)37-27-13-10-18-38(27)31(39)30-28(21-11-8-7-9-12-21)36(22-14-16-23(44-3)17-15-22)32(40)35(30,43)29-25(46-5)19-24(45-4)20-26(29)47-36/h7-9,11-12,14-17,19-20,27-28,30,32,40,42-43H,6,10,13,18H2,1-5H3,(H,37,41)/t27-,28-,30+,32-,34+,35-,36-/m0/s1. The number of carbonyl (C=O) groups excluding carboxylic acids is 2. The topological polar surface area (TPSA) is 147 Å². The molecule has 2 bridgehead atoms. The van der Waals surface area contributed by atoms with Gasteiger partial charge in [0.2, 0.25) is 5.91 Å². The second-order valence-electron chi connectivity index (χ2n) is 12.7. The first kappa shape index (κ1) is 32.6. The highest BCUT2D eigenvalue weighted by Crippen LogP contribution is 2.68. The van der Waals surface area contributed by atoms with Gasteiger partial charge in [-0.3, -0.25) is 9.59 Å². The number of hydrogen-bond acceptors (Lipinski definition) is 9. The summed E-state index contributed by atoms with van der Waals surface area (Å²) in [7, 11) is 4.48. The van der Waals surface area contributed by atoms with Crippen LogP contribution < -0.4 is 24.3 Å². The molecule has 47 heavy (non-hydrogen) atoms. The zero-order valence-electron chi connectivity index (χ0n) is 27.2. The van der Waals surface area contributed by atoms with Gasteiger partial charge in [-0.2, -0.15) is 0 Å². The molecule has 11 heteroatoms. The van der Waals surface area contributed by atoms with Crippen LogP contribution in [0.25, 0.3) is 0 Å². The molecule has 1 saturated heterocycles. The van der Waals surface area contributed by atoms with Gasteiger partial charge < -0.3 is 44.5 Å². The predicted octanol–water partition coefficient (Wildman–Crippen LogP) is 3.19. The van der Waals surface area contributed by atoms with E-state index in [0.717, 1.165) is 0 Å². The minimum absolute atomic E-state index is 0.128. The Balaban J connectivity index is 1.59. The fourth-order valence-corrected chi connectivity index (χ4v) is 7.59. The fourth-order valence-electron chi connectivity index (χ4n) is 7.59. The number of benzene rings is 3. The van der Waals surface area contributed by atoms with Crippen molar-refractivity contribution in [1.29, 1.82) is 0 Å². The van der Waals surface area contributed by atoms with E-state index in [4.69, 9.17) is 18.9 Å². The molecule has 0 radical (unpaired) electrons. The summed E-state index contributed by atoms with van der Waals surface area (Å²) < 4.78 is 23.6. The van der Waals surface area contributed by atoms with Crippen molar-refractivity contribution in [3.05, 3.63) is 83.4 Å². The Morgan fingerprint density at radius 1 is 1.02 bits per heavy atom. The maximum atomic E-state index is 15.1. The van der Waals surface area contributed by atoms with E-state index in [1.165, 1.54) is 26.0 Å². The molecule has 2 aliphatic heterocycles. The van der Waals surface area contributed by atoms with E-state index in [9.17, 15) is 20.1 Å². The van der Waals surface area contributed by atoms with Gasteiger partial charge in [-0.15, -0.1) is 0 Å². The second-order valence-corrected chi connectivity index (χ2v) is 12.7. The number of rotatable bonds is 9. The number of likely N-dealkylation sites (tertiary alicyclic amines) is 1. The molecule has 7 atom stereocenters. The average molecular weight is 647 g/mol. The predicted molar refractivity (Wildman–Crippen MR) is 171 cm³/mol. The zero-order chi connectivity index (χ0) is 33.7. The largest absolute Gasteiger partial charge is 0.497 e. The monoisotopic (exact) mass is 646 g/mol. The van der Waals surface area contributed by atoms with Crippen molar-refractivity contribution in [1.82, 2.24) is 10.2 Å². The minimum Gasteiger partial charge on any atom is -0.497 e. The first-order valence-electron chi connectivity index (χ1n) is 15.9. The van der Waals surface area contributed by atoms with E-state index in [1.807, 2.05) is 30.3 Å². The number of hydrogen-bond donors (Lipinski definition) is 4. The second kappa shape index (κ2) is 12.0. The number of nitrogens with zero attached hydrogens (tertiary/aromatic N) is 1. The van der Waals surface area contributed by atoms with Crippen molar-refractivity contribution in [3.8, 4) is 23.0 Å². The third kappa shape index (κ3) is 4.90. The molecular formula is C36H42N2O9. The summed E-state index contributed by atoms with van der Waals surface area (Å²) in [6.45, 7) is 3.43. The number of fused-ring (bicyclic) bond motifs is 4. The van der Waals surface area contributed by atoms with Gasteiger partial charge in [0.1, 0.15) is 46.5 Å². The summed E-state index contributed by atoms with van der Waals surface area (Å²) in [4.78, 5) is 29.8. The Morgan fingerprint density at radius 3 is 2.32 bits per heavy atom. The van der Waals surface area contributed by atoms with Gasteiger partial charge in [-0.1, -0.05) is 49.4 Å². The molecule has 11 nitrogen and oxygen atoms in total. The maximum Gasteiger partial charge on any atom is 0.253 e. The van der Waals surface area contributed by atoms with E-state index in [0.29, 0.717) is 42.0 Å². The van der Waals surface area contributed by atoms with Crippen molar-refractivity contribution in [2.24, 2.45) is 5.92 Å². The molecule has 0 spiro atoms. The molecule has 3 aromatic rings. The van der Waals surface area contributed by atoms with Gasteiger partial charge in [-0.05, 0) is 49.4 Å². The molecule has 3 aliphatic rings. The van der Waals surface area contributed by atoms with Crippen LogP contribution in [0.15, 0.2) is 66.7 Å². The summed E-state index contributed by atoms with van der Waals surface area (Å²) in [6.07, 6.45) is -1.16. The van der Waals surface area contributed by atoms with E-state index in [2.05, 4.69) is 5.32 Å². The van der Waals surface area contributed by atoms with Crippen LogP contribution >= 0.6 is 0 Å². The molecule has 4 N–H and O–H groups in total. The van der Waals surface area contributed by atoms with Crippen LogP contribution in [0.2, 0.25) is 0 Å². The van der Waals surface area contributed by atoms with Crippen LogP contribution in [0.1, 0.15) is 55.7 Å². The quantitative estimate of drug-likeness (QED) is 0.275. The van der Waals surface area contributed by atoms with Crippen LogP contribution in [-0.4, -0.2) is 77.8 Å². The minimum atomic E-state index is -2.23. The lowest BCUT2D eigenvalue weighted by molar-refractivity contribution is -0.168. The van der Waals surface area contributed by atoms with Gasteiger partial charge in [0.05, 0.1) is 32.8 Å². The first-order valence-corrected chi connectivity index (χ1v) is 15.9. The molecule has 6 rings (SSSR count). The molecule has 0 aromatic heterocycles. The Bertz CT molecular complexity index is 1650. The average Bonchev–Trinajstić information content (AvgIpc) is 3.60. The van der Waals surface area contributed by atoms with Gasteiger partial charge in [0.15, 0.2) is 5.60 Å². The van der Waals surface area contributed by atoms with E-state index >= 15 is 4.79 Å². The van der Waals surface area contributed by atoms with Crippen LogP contribution in [0.4, 0.5) is 0 Å². The third-order valence-corrected chi connectivity index (χ3v) is 10.2. The molecule has 0 unspecified atom stereocenters. The number of aliphatic hydroxyl groups excluding tert-OH is 1. The van der Waals surface area contributed by atoms with Crippen LogP contribution in [-0.2, 0) is 20.8 Å². The highest BCUT2D eigenvalue weighted by Gasteiger charge is 2.76. The summed E-state index contributed by atoms with van der Waals surface area (Å²) in [6, 6.07) is 19.4. The van der Waals surface area contributed by atoms with Crippen molar-refractivity contribution in [2.45, 2.75) is 68.1 Å². The molecule has 250 valence electrons. The molecule has 2 amide bonds. The Hall–Kier alpha value is -4.32. The highest BCUT2D eigenvalue weighted by molar-refractivity contribution is 5.87. The molecule has 3 aromatic carbocycles. The van der Waals surface area contributed by atoms with Crippen LogP contribution in [0.3, 0.4) is 0 Å². The lowest BCUT2D eigenvalue weighted by Gasteiger charge is -2.45. The molecule has 1 aliphatic carbocycles. The Morgan fingerprint density at radius 2 is 1.70 bits per heavy atom. The van der Waals surface area contributed by atoms with E-state index in [1.54, 1.807) is 50.4 Å². The summed E-state index contributed by atoms with van der Waals surface area (Å²) in [5, 5.41) is 39.2. The van der Waals surface area contributed by atoms with Crippen molar-refractivity contribution < 1.29 is 43.9 Å². The van der Waals surface area contributed by atoms with Crippen LogP contribution in [0, 0.1) is 5.92 Å². The normalized spacial score (nSPS) is 28.9. The number of carbonyl (C=O) groups is 2. The summed E-state index contributed by atoms with van der Waals surface area (Å²) in [5.74, 6) is -1.95. The molecular weight excluding hydrogens is 604 g/mol. The number of nitrogens with one attached hydrogen (secondary N) is 1. The van der Waals surface area contributed by atoms with Gasteiger partial charge in [0, 0.05) is 24.6 Å². The van der Waals surface area contributed by atoms with Gasteiger partial charge >= 0.3 is 0 Å². The van der Waals surface area contributed by atoms with Crippen molar-refractivity contribution in [2.75, 3.05) is 27.9 Å². The number of ether oxygens (including phenoxy) is 4. The molecule has 2 fully saturated rings. The maximum absolute atomic E-state index is 15.1. The van der Waals surface area contributed by atoms with Crippen molar-refractivity contribution in [3.63, 3.8) is 0 Å². The van der Waals surface area contributed by atoms with E-state index in [-0.39, 0.29) is 23.5 Å². The zero-order valence-corrected chi connectivity index (χ0v) is 27.2. The molecule has 2 heterocycles. The summed E-state index contributed by atoms with van der Waals surface area (Å²) in [5.41, 5.74) is -4.22. The first-order chi connectivity index (χ1) is 22.5. The van der Waals surface area contributed by atoms with Gasteiger partial charge in [0.25, 0.3) is 5.91 Å². The number of aliphatic hydroxyl groups is 3. The number of amides is 2. The van der Waals surface area contributed by atoms with E-state index < -0.39 is 52.7 Å². The highest BCUT2D eigenvalue weighted by atomic mass is 16.5. The fraction of sp³-hybridized carbons (Fsp3) is 0.444. The third-order valence-electron chi connectivity index (χ3n) is 10.2. The molecule has 1 saturated carbocycles. The Kier molecular flexibility index (Phi) is 8.36. The van der Waals surface area contributed by atoms with Crippen LogP contribution in [0.5, 0.6) is 23.0 Å². The lowest BCUT2D eigenvalue weighted by atomic mass is 9.75. The SMILES string of the molecule is CC[C@@](C)(O)C(=O)N[C@@H]1CCCN1C(=O)[C@H]1[C@H](c2ccccc2)[C@]2(c3ccc(OC)cc3)Oc3cc(OC)cc(OC)c3[C@@]1(O)[C@@H]2O. The smallest absolute Gasteiger partial charge is 0.253 e. The Labute approximate surface area is 274 Å². The number of methoxy groups -OCH3 is 3. The van der Waals surface area contributed by atoms with Crippen molar-refractivity contribution >= 4 is 11.8 Å².